The summed E-state index contributed by atoms with van der Waals surface area (Å²) in [7, 11) is 0. The van der Waals surface area contributed by atoms with E-state index >= 15 is 0 Å². The molecule has 0 atom stereocenters. The fourth-order valence-corrected chi connectivity index (χ4v) is 3.41. The van der Waals surface area contributed by atoms with Crippen LogP contribution in [0.25, 0.3) is 5.69 Å². The fourth-order valence-electron chi connectivity index (χ4n) is 3.41. The van der Waals surface area contributed by atoms with Crippen LogP contribution in [-0.4, -0.2) is 47.1 Å². The molecule has 132 valence electrons. The van der Waals surface area contributed by atoms with Crippen molar-refractivity contribution >= 4 is 12.0 Å². The fraction of sp³-hybridized carbons (Fsp3) is 0.238. The molecule has 4 rings (SSSR count). The Hall–Kier alpha value is -2.92. The summed E-state index contributed by atoms with van der Waals surface area (Å²) in [5.74, 6) is 0. The van der Waals surface area contributed by atoms with E-state index in [1.54, 1.807) is 0 Å². The highest BCUT2D eigenvalue weighted by atomic mass is 16.1. The number of anilines is 1. The van der Waals surface area contributed by atoms with Gasteiger partial charge in [-0.3, -0.25) is 9.69 Å². The van der Waals surface area contributed by atoms with Crippen LogP contribution in [0, 0.1) is 0 Å². The number of carbonyl (C=O) groups is 1. The number of aldehydes is 1. The Balaban J connectivity index is 1.39. The van der Waals surface area contributed by atoms with Crippen molar-refractivity contribution in [1.82, 2.24) is 14.7 Å². The van der Waals surface area contributed by atoms with E-state index in [9.17, 15) is 4.79 Å². The first-order valence-electron chi connectivity index (χ1n) is 8.94. The van der Waals surface area contributed by atoms with Crippen LogP contribution < -0.4 is 4.90 Å². The molecule has 1 saturated heterocycles. The number of hydrogen-bond acceptors (Lipinski definition) is 4. The number of piperazine rings is 1. The lowest BCUT2D eigenvalue weighted by molar-refractivity contribution is 0.112. The third-order valence-electron chi connectivity index (χ3n) is 4.87. The summed E-state index contributed by atoms with van der Waals surface area (Å²) in [6.07, 6.45) is 2.75. The van der Waals surface area contributed by atoms with Gasteiger partial charge in [0.2, 0.25) is 0 Å². The highest BCUT2D eigenvalue weighted by Gasteiger charge is 2.18. The number of rotatable bonds is 5. The Morgan fingerprint density at radius 1 is 0.846 bits per heavy atom. The molecule has 3 aromatic rings. The zero-order valence-corrected chi connectivity index (χ0v) is 14.7. The van der Waals surface area contributed by atoms with Crippen LogP contribution >= 0.6 is 0 Å². The number of hydrogen-bond donors (Lipinski definition) is 0. The van der Waals surface area contributed by atoms with Crippen molar-refractivity contribution < 1.29 is 4.79 Å². The van der Waals surface area contributed by atoms with Gasteiger partial charge in [-0.1, -0.05) is 18.2 Å². The second-order valence-electron chi connectivity index (χ2n) is 6.54. The molecule has 0 saturated carbocycles. The molecule has 2 aromatic carbocycles. The molecule has 2 heterocycles. The molecule has 0 radical (unpaired) electrons. The second kappa shape index (κ2) is 7.54. The molecule has 1 aliphatic rings. The highest BCUT2D eigenvalue weighted by Crippen LogP contribution is 2.18. The molecular weight excluding hydrogens is 324 g/mol. The van der Waals surface area contributed by atoms with Crippen molar-refractivity contribution in [1.29, 1.82) is 0 Å². The van der Waals surface area contributed by atoms with E-state index in [1.165, 1.54) is 11.4 Å². The monoisotopic (exact) mass is 346 g/mol. The maximum absolute atomic E-state index is 10.8. The number of aromatic nitrogens is 2. The van der Waals surface area contributed by atoms with E-state index in [1.807, 2.05) is 53.3 Å². The average Bonchev–Trinajstić information content (AvgIpc) is 3.17. The number of carbonyl (C=O) groups excluding carboxylic acids is 1. The van der Waals surface area contributed by atoms with Gasteiger partial charge in [-0.15, -0.1) is 0 Å². The Morgan fingerprint density at radius 2 is 1.58 bits per heavy atom. The van der Waals surface area contributed by atoms with Crippen molar-refractivity contribution in [2.75, 3.05) is 31.1 Å². The predicted octanol–water partition coefficient (Wildman–Crippen LogP) is 3.01. The topological polar surface area (TPSA) is 41.4 Å². The smallest absolute Gasteiger partial charge is 0.150 e. The van der Waals surface area contributed by atoms with Crippen LogP contribution in [0.2, 0.25) is 0 Å². The lowest BCUT2D eigenvalue weighted by atomic mass is 10.2. The summed E-state index contributed by atoms with van der Waals surface area (Å²) in [4.78, 5) is 15.6. The molecule has 0 spiro atoms. The molecule has 1 fully saturated rings. The predicted molar refractivity (Wildman–Crippen MR) is 103 cm³/mol. The van der Waals surface area contributed by atoms with Crippen molar-refractivity contribution in [3.05, 3.63) is 78.1 Å². The van der Waals surface area contributed by atoms with Crippen LogP contribution in [0.15, 0.2) is 66.9 Å². The summed E-state index contributed by atoms with van der Waals surface area (Å²) >= 11 is 0. The van der Waals surface area contributed by atoms with E-state index in [2.05, 4.69) is 33.1 Å². The average molecular weight is 346 g/mol. The molecule has 0 bridgehead atoms. The highest BCUT2D eigenvalue weighted by molar-refractivity contribution is 5.75. The Morgan fingerprint density at radius 3 is 2.27 bits per heavy atom. The van der Waals surface area contributed by atoms with Gasteiger partial charge in [-0.2, -0.15) is 5.10 Å². The van der Waals surface area contributed by atoms with Crippen molar-refractivity contribution in [2.24, 2.45) is 0 Å². The van der Waals surface area contributed by atoms with Gasteiger partial charge in [-0.05, 0) is 42.5 Å². The summed E-state index contributed by atoms with van der Waals surface area (Å²) in [5.41, 5.74) is 4.22. The van der Waals surface area contributed by atoms with Crippen molar-refractivity contribution in [3.8, 4) is 5.69 Å². The van der Waals surface area contributed by atoms with Gasteiger partial charge in [0.15, 0.2) is 0 Å². The molecule has 5 heteroatoms. The van der Waals surface area contributed by atoms with E-state index in [0.29, 0.717) is 0 Å². The van der Waals surface area contributed by atoms with E-state index in [4.69, 9.17) is 0 Å². The molecule has 26 heavy (non-hydrogen) atoms. The summed E-state index contributed by atoms with van der Waals surface area (Å²) < 4.78 is 2.02. The molecular formula is C21H22N4O. The number of benzene rings is 2. The summed E-state index contributed by atoms with van der Waals surface area (Å²) in [6.45, 7) is 4.89. The summed E-state index contributed by atoms with van der Waals surface area (Å²) in [5, 5.41) is 4.48. The van der Waals surface area contributed by atoms with Gasteiger partial charge in [0.05, 0.1) is 11.4 Å². The first kappa shape index (κ1) is 16.5. The molecule has 1 aromatic heterocycles. The minimum atomic E-state index is 0.724. The largest absolute Gasteiger partial charge is 0.369 e. The lowest BCUT2D eigenvalue weighted by Gasteiger charge is -2.36. The van der Waals surface area contributed by atoms with Crippen LogP contribution in [0.5, 0.6) is 0 Å². The van der Waals surface area contributed by atoms with Gasteiger partial charge >= 0.3 is 0 Å². The third-order valence-corrected chi connectivity index (χ3v) is 4.87. The Kier molecular flexibility index (Phi) is 4.80. The van der Waals surface area contributed by atoms with E-state index < -0.39 is 0 Å². The third kappa shape index (κ3) is 3.53. The van der Waals surface area contributed by atoms with Crippen LogP contribution in [0.4, 0.5) is 5.69 Å². The van der Waals surface area contributed by atoms with E-state index in [-0.39, 0.29) is 0 Å². The molecule has 1 aliphatic heterocycles. The zero-order chi connectivity index (χ0) is 17.8. The van der Waals surface area contributed by atoms with Crippen LogP contribution in [0.1, 0.15) is 16.1 Å². The van der Waals surface area contributed by atoms with Crippen LogP contribution in [0.3, 0.4) is 0 Å². The quantitative estimate of drug-likeness (QED) is 0.666. The minimum Gasteiger partial charge on any atom is -0.369 e. The van der Waals surface area contributed by atoms with Gasteiger partial charge in [0, 0.05) is 50.2 Å². The maximum Gasteiger partial charge on any atom is 0.150 e. The SMILES string of the molecule is O=Cc1ccc(N2CCN(Cc3ccnn3-c3ccccc3)CC2)cc1. The number of nitrogens with zero attached hydrogens (tertiary/aromatic N) is 4. The van der Waals surface area contributed by atoms with Crippen molar-refractivity contribution in [3.63, 3.8) is 0 Å². The standard InChI is InChI=1S/C21H22N4O/c26-17-18-6-8-19(9-7-18)24-14-12-23(13-15-24)16-21-10-11-22-25(21)20-4-2-1-3-5-20/h1-11,17H,12-16H2. The number of para-hydroxylation sites is 1. The van der Waals surface area contributed by atoms with Crippen molar-refractivity contribution in [2.45, 2.75) is 6.54 Å². The zero-order valence-electron chi connectivity index (χ0n) is 14.7. The normalized spacial score (nSPS) is 15.2. The van der Waals surface area contributed by atoms with E-state index in [0.717, 1.165) is 50.3 Å². The van der Waals surface area contributed by atoms with Gasteiger partial charge in [-0.25, -0.2) is 4.68 Å². The maximum atomic E-state index is 10.8. The van der Waals surface area contributed by atoms with Gasteiger partial charge in [0.1, 0.15) is 6.29 Å². The first-order chi connectivity index (χ1) is 12.8. The molecule has 0 N–H and O–H groups in total. The van der Waals surface area contributed by atoms with Gasteiger partial charge < -0.3 is 4.90 Å². The van der Waals surface area contributed by atoms with Gasteiger partial charge in [0.25, 0.3) is 0 Å². The Bertz CT molecular complexity index is 849. The van der Waals surface area contributed by atoms with Crippen LogP contribution in [-0.2, 0) is 6.54 Å². The molecule has 0 unspecified atom stereocenters. The minimum absolute atomic E-state index is 0.724. The second-order valence-corrected chi connectivity index (χ2v) is 6.54. The lowest BCUT2D eigenvalue weighted by Crippen LogP contribution is -2.46. The molecule has 5 nitrogen and oxygen atoms in total. The Labute approximate surface area is 153 Å². The first-order valence-corrected chi connectivity index (χ1v) is 8.94. The summed E-state index contributed by atoms with van der Waals surface area (Å²) in [6, 6.07) is 20.2. The molecule has 0 amide bonds. The molecule has 0 aliphatic carbocycles.